The van der Waals surface area contributed by atoms with Crippen molar-refractivity contribution in [2.45, 2.75) is 13.3 Å². The Bertz CT molecular complexity index is 453. The maximum atomic E-state index is 5.38. The summed E-state index contributed by atoms with van der Waals surface area (Å²) in [5.41, 5.74) is 1.06. The minimum Gasteiger partial charge on any atom is -0.454 e. The highest BCUT2D eigenvalue weighted by Crippen LogP contribution is 2.14. The summed E-state index contributed by atoms with van der Waals surface area (Å²) in [5, 5.41) is 3.13. The van der Waals surface area contributed by atoms with Gasteiger partial charge in [-0.15, -0.1) is 0 Å². The van der Waals surface area contributed by atoms with E-state index in [-0.39, 0.29) is 0 Å². The number of furan rings is 1. The van der Waals surface area contributed by atoms with Gasteiger partial charge >= 0.3 is 0 Å². The summed E-state index contributed by atoms with van der Waals surface area (Å²) in [5.74, 6) is 1.59. The molecule has 0 unspecified atom stereocenters. The standard InChI is InChI=1S/C11H12BrN3O/c1-8-6-14-11(15-7-8)13-5-4-9-2-3-10(12)16-9/h2-3,6-7H,4-5H2,1H3,(H,13,14,15). The monoisotopic (exact) mass is 281 g/mol. The van der Waals surface area contributed by atoms with Crippen molar-refractivity contribution in [3.8, 4) is 0 Å². The Morgan fingerprint density at radius 1 is 1.31 bits per heavy atom. The Morgan fingerprint density at radius 3 is 2.69 bits per heavy atom. The fraction of sp³-hybridized carbons (Fsp3) is 0.273. The van der Waals surface area contributed by atoms with Gasteiger partial charge in [0, 0.05) is 25.4 Å². The molecule has 0 aliphatic heterocycles. The number of rotatable bonds is 4. The van der Waals surface area contributed by atoms with Crippen molar-refractivity contribution in [1.29, 1.82) is 0 Å². The lowest BCUT2D eigenvalue weighted by Crippen LogP contribution is -2.07. The van der Waals surface area contributed by atoms with E-state index in [1.807, 2.05) is 19.1 Å². The molecular weight excluding hydrogens is 270 g/mol. The summed E-state index contributed by atoms with van der Waals surface area (Å²) in [6.45, 7) is 2.72. The lowest BCUT2D eigenvalue weighted by atomic mass is 10.3. The Morgan fingerprint density at radius 2 is 2.06 bits per heavy atom. The van der Waals surface area contributed by atoms with E-state index in [0.717, 1.165) is 29.0 Å². The van der Waals surface area contributed by atoms with Crippen LogP contribution in [0.1, 0.15) is 11.3 Å². The lowest BCUT2D eigenvalue weighted by Gasteiger charge is -2.02. The van der Waals surface area contributed by atoms with Crippen LogP contribution < -0.4 is 5.32 Å². The summed E-state index contributed by atoms with van der Waals surface area (Å²) in [4.78, 5) is 8.31. The third kappa shape index (κ3) is 3.06. The summed E-state index contributed by atoms with van der Waals surface area (Å²) in [6, 6.07) is 3.83. The molecule has 0 atom stereocenters. The molecule has 0 aliphatic rings. The van der Waals surface area contributed by atoms with Crippen LogP contribution in [-0.2, 0) is 6.42 Å². The smallest absolute Gasteiger partial charge is 0.222 e. The largest absolute Gasteiger partial charge is 0.454 e. The molecule has 0 amide bonds. The summed E-state index contributed by atoms with van der Waals surface area (Å²) < 4.78 is 6.13. The molecule has 0 aliphatic carbocycles. The second-order valence-electron chi connectivity index (χ2n) is 3.47. The van der Waals surface area contributed by atoms with Crippen molar-refractivity contribution in [2.75, 3.05) is 11.9 Å². The number of halogens is 1. The molecule has 0 aromatic carbocycles. The first-order chi connectivity index (χ1) is 7.74. The molecule has 4 nitrogen and oxygen atoms in total. The maximum Gasteiger partial charge on any atom is 0.222 e. The molecule has 2 rings (SSSR count). The Labute approximate surface area is 102 Å². The van der Waals surface area contributed by atoms with Gasteiger partial charge in [-0.25, -0.2) is 9.97 Å². The fourth-order valence-corrected chi connectivity index (χ4v) is 1.61. The lowest BCUT2D eigenvalue weighted by molar-refractivity contribution is 0.491. The van der Waals surface area contributed by atoms with Gasteiger partial charge in [0.05, 0.1) is 0 Å². The molecule has 16 heavy (non-hydrogen) atoms. The molecule has 84 valence electrons. The maximum absolute atomic E-state index is 5.38. The Balaban J connectivity index is 1.82. The first-order valence-electron chi connectivity index (χ1n) is 5.01. The molecule has 2 heterocycles. The van der Waals surface area contributed by atoms with Crippen molar-refractivity contribution in [2.24, 2.45) is 0 Å². The molecule has 0 saturated heterocycles. The number of aryl methyl sites for hydroxylation is 1. The van der Waals surface area contributed by atoms with Crippen LogP contribution in [0.3, 0.4) is 0 Å². The summed E-state index contributed by atoms with van der Waals surface area (Å²) in [6.07, 6.45) is 4.39. The van der Waals surface area contributed by atoms with Crippen LogP contribution in [-0.4, -0.2) is 16.5 Å². The van der Waals surface area contributed by atoms with E-state index < -0.39 is 0 Å². The number of aromatic nitrogens is 2. The summed E-state index contributed by atoms with van der Waals surface area (Å²) >= 11 is 3.27. The molecule has 0 radical (unpaired) electrons. The van der Waals surface area contributed by atoms with Gasteiger partial charge in [0.2, 0.25) is 5.95 Å². The third-order valence-corrected chi connectivity index (χ3v) is 2.49. The molecule has 0 fully saturated rings. The molecule has 0 saturated carbocycles. The molecule has 0 bridgehead atoms. The fourth-order valence-electron chi connectivity index (χ4n) is 1.27. The van der Waals surface area contributed by atoms with Crippen molar-refractivity contribution in [3.63, 3.8) is 0 Å². The van der Waals surface area contributed by atoms with Crippen LogP contribution in [0.15, 0.2) is 33.6 Å². The minimum atomic E-state index is 0.649. The van der Waals surface area contributed by atoms with Crippen molar-refractivity contribution >= 4 is 21.9 Å². The zero-order valence-electron chi connectivity index (χ0n) is 8.90. The van der Waals surface area contributed by atoms with E-state index >= 15 is 0 Å². The number of hydrogen-bond donors (Lipinski definition) is 1. The normalized spacial score (nSPS) is 10.4. The number of anilines is 1. The SMILES string of the molecule is Cc1cnc(NCCc2ccc(Br)o2)nc1. The van der Waals surface area contributed by atoms with Gasteiger partial charge in [-0.2, -0.15) is 0 Å². The molecule has 0 spiro atoms. The van der Waals surface area contributed by atoms with Crippen LogP contribution in [0.5, 0.6) is 0 Å². The highest BCUT2D eigenvalue weighted by molar-refractivity contribution is 9.10. The second-order valence-corrected chi connectivity index (χ2v) is 4.25. The van der Waals surface area contributed by atoms with Gasteiger partial charge in [0.25, 0.3) is 0 Å². The zero-order valence-corrected chi connectivity index (χ0v) is 10.5. The van der Waals surface area contributed by atoms with Crippen LogP contribution in [0.2, 0.25) is 0 Å². The molecule has 2 aromatic rings. The van der Waals surface area contributed by atoms with Crippen molar-refractivity contribution < 1.29 is 4.42 Å². The molecular formula is C11H12BrN3O. The van der Waals surface area contributed by atoms with Gasteiger partial charge in [-0.05, 0) is 40.5 Å². The van der Waals surface area contributed by atoms with Gasteiger partial charge in [0.1, 0.15) is 5.76 Å². The van der Waals surface area contributed by atoms with Crippen LogP contribution in [0.4, 0.5) is 5.95 Å². The van der Waals surface area contributed by atoms with Crippen LogP contribution in [0, 0.1) is 6.92 Å². The summed E-state index contributed by atoms with van der Waals surface area (Å²) in [7, 11) is 0. The average Bonchev–Trinajstić information content (AvgIpc) is 2.67. The highest BCUT2D eigenvalue weighted by Gasteiger charge is 2.00. The van der Waals surface area contributed by atoms with Crippen molar-refractivity contribution in [3.05, 3.63) is 40.5 Å². The third-order valence-electron chi connectivity index (χ3n) is 2.06. The average molecular weight is 282 g/mol. The van der Waals surface area contributed by atoms with Crippen molar-refractivity contribution in [1.82, 2.24) is 9.97 Å². The first kappa shape index (κ1) is 11.1. The van der Waals surface area contributed by atoms with Gasteiger partial charge < -0.3 is 9.73 Å². The van der Waals surface area contributed by atoms with E-state index in [2.05, 4.69) is 31.2 Å². The van der Waals surface area contributed by atoms with Crippen LogP contribution in [0.25, 0.3) is 0 Å². The second kappa shape index (κ2) is 5.12. The number of nitrogens with zero attached hydrogens (tertiary/aromatic N) is 2. The number of nitrogens with one attached hydrogen (secondary N) is 1. The quantitative estimate of drug-likeness (QED) is 0.936. The topological polar surface area (TPSA) is 51.0 Å². The van der Waals surface area contributed by atoms with E-state index in [1.54, 1.807) is 12.4 Å². The predicted molar refractivity (Wildman–Crippen MR) is 65.4 cm³/mol. The molecule has 2 aromatic heterocycles. The minimum absolute atomic E-state index is 0.649. The van der Waals surface area contributed by atoms with Gasteiger partial charge in [0.15, 0.2) is 4.67 Å². The zero-order chi connectivity index (χ0) is 11.4. The molecule has 1 N–H and O–H groups in total. The first-order valence-corrected chi connectivity index (χ1v) is 5.80. The number of hydrogen-bond acceptors (Lipinski definition) is 4. The molecule has 5 heteroatoms. The van der Waals surface area contributed by atoms with Gasteiger partial charge in [-0.3, -0.25) is 0 Å². The Hall–Kier alpha value is -1.36. The van der Waals surface area contributed by atoms with E-state index in [0.29, 0.717) is 5.95 Å². The van der Waals surface area contributed by atoms with E-state index in [1.165, 1.54) is 0 Å². The Kier molecular flexibility index (Phi) is 3.56. The van der Waals surface area contributed by atoms with E-state index in [4.69, 9.17) is 4.42 Å². The van der Waals surface area contributed by atoms with Gasteiger partial charge in [-0.1, -0.05) is 0 Å². The highest BCUT2D eigenvalue weighted by atomic mass is 79.9. The predicted octanol–water partition coefficient (Wildman–Crippen LogP) is 2.80. The van der Waals surface area contributed by atoms with Crippen LogP contribution >= 0.6 is 15.9 Å². The van der Waals surface area contributed by atoms with E-state index in [9.17, 15) is 0 Å².